The Morgan fingerprint density at radius 1 is 1.00 bits per heavy atom. The number of thioether (sulfide) groups is 1. The number of benzene rings is 2. The SMILES string of the molecule is COc1ccc(C(=O)CSc2ncnc3sc(-c4ccccc4)cc23)cc1OC. The molecular formula is C22H18N2O3S2. The van der Waals surface area contributed by atoms with Crippen LogP contribution in [0.1, 0.15) is 10.4 Å². The zero-order valence-electron chi connectivity index (χ0n) is 15.9. The lowest BCUT2D eigenvalue weighted by molar-refractivity contribution is 0.102. The van der Waals surface area contributed by atoms with Crippen molar-refractivity contribution in [1.29, 1.82) is 0 Å². The topological polar surface area (TPSA) is 61.3 Å². The van der Waals surface area contributed by atoms with Gasteiger partial charge in [-0.1, -0.05) is 42.1 Å². The molecule has 2 heterocycles. The van der Waals surface area contributed by atoms with E-state index >= 15 is 0 Å². The third-order valence-electron chi connectivity index (χ3n) is 4.40. The van der Waals surface area contributed by atoms with Crippen molar-refractivity contribution in [3.63, 3.8) is 0 Å². The lowest BCUT2D eigenvalue weighted by Gasteiger charge is -2.09. The van der Waals surface area contributed by atoms with Crippen molar-refractivity contribution in [1.82, 2.24) is 9.97 Å². The van der Waals surface area contributed by atoms with E-state index in [-0.39, 0.29) is 11.5 Å². The molecule has 0 N–H and O–H groups in total. The molecule has 0 amide bonds. The number of Topliss-reactive ketones (excluding diaryl/α,β-unsaturated/α-hetero) is 1. The van der Waals surface area contributed by atoms with E-state index < -0.39 is 0 Å². The number of fused-ring (bicyclic) bond motifs is 1. The molecule has 7 heteroatoms. The molecule has 0 aliphatic carbocycles. The van der Waals surface area contributed by atoms with Gasteiger partial charge in [0.2, 0.25) is 0 Å². The van der Waals surface area contributed by atoms with Crippen LogP contribution in [0.25, 0.3) is 20.7 Å². The first kappa shape index (κ1) is 19.4. The van der Waals surface area contributed by atoms with Crippen molar-refractivity contribution in [2.45, 2.75) is 5.03 Å². The number of carbonyl (C=O) groups excluding carboxylic acids is 1. The minimum Gasteiger partial charge on any atom is -0.493 e. The molecule has 0 fully saturated rings. The molecule has 29 heavy (non-hydrogen) atoms. The highest BCUT2D eigenvalue weighted by atomic mass is 32.2. The lowest BCUT2D eigenvalue weighted by Crippen LogP contribution is -2.04. The van der Waals surface area contributed by atoms with Gasteiger partial charge >= 0.3 is 0 Å². The summed E-state index contributed by atoms with van der Waals surface area (Å²) in [6.07, 6.45) is 1.55. The van der Waals surface area contributed by atoms with E-state index in [9.17, 15) is 4.79 Å². The normalized spacial score (nSPS) is 10.8. The van der Waals surface area contributed by atoms with Gasteiger partial charge < -0.3 is 9.47 Å². The van der Waals surface area contributed by atoms with Crippen molar-refractivity contribution in [3.05, 3.63) is 66.5 Å². The number of methoxy groups -OCH3 is 2. The molecule has 0 atom stereocenters. The summed E-state index contributed by atoms with van der Waals surface area (Å²) < 4.78 is 10.5. The van der Waals surface area contributed by atoms with Crippen LogP contribution in [0.15, 0.2) is 66.0 Å². The monoisotopic (exact) mass is 422 g/mol. The molecule has 0 spiro atoms. The number of ether oxygens (including phenoxy) is 2. The Balaban J connectivity index is 1.55. The molecule has 4 aromatic rings. The van der Waals surface area contributed by atoms with Crippen molar-refractivity contribution in [2.75, 3.05) is 20.0 Å². The fourth-order valence-corrected chi connectivity index (χ4v) is 4.86. The van der Waals surface area contributed by atoms with Gasteiger partial charge in [0, 0.05) is 15.8 Å². The van der Waals surface area contributed by atoms with Crippen LogP contribution in [0, 0.1) is 0 Å². The molecule has 4 rings (SSSR count). The third kappa shape index (κ3) is 4.11. The average Bonchev–Trinajstić information content (AvgIpc) is 3.22. The quantitative estimate of drug-likeness (QED) is 0.227. The second kappa shape index (κ2) is 8.63. The Morgan fingerprint density at radius 2 is 1.79 bits per heavy atom. The molecular weight excluding hydrogens is 404 g/mol. The van der Waals surface area contributed by atoms with Crippen molar-refractivity contribution in [3.8, 4) is 21.9 Å². The average molecular weight is 423 g/mol. The Kier molecular flexibility index (Phi) is 5.78. The minimum atomic E-state index is 0.00114. The van der Waals surface area contributed by atoms with Gasteiger partial charge in [0.15, 0.2) is 17.3 Å². The number of rotatable bonds is 7. The molecule has 2 aromatic carbocycles. The number of ketones is 1. The molecule has 0 radical (unpaired) electrons. The minimum absolute atomic E-state index is 0.00114. The van der Waals surface area contributed by atoms with Gasteiger partial charge in [-0.2, -0.15) is 0 Å². The lowest BCUT2D eigenvalue weighted by atomic mass is 10.1. The summed E-state index contributed by atoms with van der Waals surface area (Å²) in [6.45, 7) is 0. The maximum atomic E-state index is 12.7. The van der Waals surface area contributed by atoms with Gasteiger partial charge in [0.05, 0.1) is 20.0 Å². The Bertz CT molecular complexity index is 1160. The first-order chi connectivity index (χ1) is 14.2. The van der Waals surface area contributed by atoms with E-state index in [4.69, 9.17) is 9.47 Å². The van der Waals surface area contributed by atoms with Crippen LogP contribution >= 0.6 is 23.1 Å². The van der Waals surface area contributed by atoms with Gasteiger partial charge in [0.1, 0.15) is 16.2 Å². The molecule has 0 unspecified atom stereocenters. The van der Waals surface area contributed by atoms with Crippen LogP contribution in [-0.2, 0) is 0 Å². The molecule has 5 nitrogen and oxygen atoms in total. The van der Waals surface area contributed by atoms with Gasteiger partial charge in [-0.05, 0) is 29.8 Å². The Morgan fingerprint density at radius 3 is 2.55 bits per heavy atom. The summed E-state index contributed by atoms with van der Waals surface area (Å²) in [5.41, 5.74) is 1.73. The first-order valence-corrected chi connectivity index (χ1v) is 10.7. The molecule has 2 aromatic heterocycles. The van der Waals surface area contributed by atoms with E-state index in [0.717, 1.165) is 25.7 Å². The van der Waals surface area contributed by atoms with E-state index in [1.165, 1.54) is 11.8 Å². The Labute approximate surface area is 176 Å². The van der Waals surface area contributed by atoms with E-state index in [2.05, 4.69) is 28.2 Å². The summed E-state index contributed by atoms with van der Waals surface area (Å²) in [6, 6.07) is 17.5. The third-order valence-corrected chi connectivity index (χ3v) is 6.49. The largest absolute Gasteiger partial charge is 0.493 e. The number of nitrogens with zero attached hydrogens (tertiary/aromatic N) is 2. The second-order valence-electron chi connectivity index (χ2n) is 6.16. The second-order valence-corrected chi connectivity index (χ2v) is 8.15. The summed E-state index contributed by atoms with van der Waals surface area (Å²) >= 11 is 3.04. The zero-order valence-corrected chi connectivity index (χ0v) is 17.5. The highest BCUT2D eigenvalue weighted by molar-refractivity contribution is 8.00. The maximum absolute atomic E-state index is 12.7. The number of hydrogen-bond acceptors (Lipinski definition) is 7. The summed E-state index contributed by atoms with van der Waals surface area (Å²) in [4.78, 5) is 23.5. The van der Waals surface area contributed by atoms with E-state index in [0.29, 0.717) is 17.1 Å². The summed E-state index contributed by atoms with van der Waals surface area (Å²) in [7, 11) is 3.12. The van der Waals surface area contributed by atoms with Crippen LogP contribution in [0.4, 0.5) is 0 Å². The Hall–Kier alpha value is -2.90. The van der Waals surface area contributed by atoms with Crippen molar-refractivity contribution < 1.29 is 14.3 Å². The van der Waals surface area contributed by atoms with Crippen LogP contribution in [0.3, 0.4) is 0 Å². The molecule has 0 bridgehead atoms. The fraction of sp³-hybridized carbons (Fsp3) is 0.136. The number of thiophene rings is 1. The van der Waals surface area contributed by atoms with Crippen LogP contribution in [0.5, 0.6) is 11.5 Å². The van der Waals surface area contributed by atoms with Crippen LogP contribution in [-0.4, -0.2) is 35.7 Å². The number of hydrogen-bond donors (Lipinski definition) is 0. The molecule has 0 saturated carbocycles. The molecule has 146 valence electrons. The van der Waals surface area contributed by atoms with Crippen LogP contribution < -0.4 is 9.47 Å². The highest BCUT2D eigenvalue weighted by Gasteiger charge is 2.14. The first-order valence-electron chi connectivity index (χ1n) is 8.87. The standard InChI is InChI=1S/C22H18N2O3S2/c1-26-18-9-8-15(10-19(18)27-2)17(25)12-28-21-16-11-20(14-6-4-3-5-7-14)29-22(16)24-13-23-21/h3-11,13H,12H2,1-2H3. The van der Waals surface area contributed by atoms with Crippen molar-refractivity contribution >= 4 is 39.1 Å². The predicted octanol–water partition coefficient (Wildman–Crippen LogP) is 5.35. The highest BCUT2D eigenvalue weighted by Crippen LogP contribution is 2.36. The molecule has 0 aliphatic heterocycles. The van der Waals surface area contributed by atoms with Crippen molar-refractivity contribution in [2.24, 2.45) is 0 Å². The smallest absolute Gasteiger partial charge is 0.173 e. The molecule has 0 aliphatic rings. The van der Waals surface area contributed by atoms with E-state index in [1.807, 2.05) is 18.2 Å². The van der Waals surface area contributed by atoms with Gasteiger partial charge in [-0.15, -0.1) is 11.3 Å². The summed E-state index contributed by atoms with van der Waals surface area (Å²) in [5.74, 6) is 1.42. The van der Waals surface area contributed by atoms with Gasteiger partial charge in [-0.25, -0.2) is 9.97 Å². The van der Waals surface area contributed by atoms with Gasteiger partial charge in [-0.3, -0.25) is 4.79 Å². The number of carbonyl (C=O) groups is 1. The molecule has 0 saturated heterocycles. The fourth-order valence-electron chi connectivity index (χ4n) is 2.92. The maximum Gasteiger partial charge on any atom is 0.173 e. The van der Waals surface area contributed by atoms with Gasteiger partial charge in [0.25, 0.3) is 0 Å². The summed E-state index contributed by atoms with van der Waals surface area (Å²) in [5, 5.41) is 1.78. The van der Waals surface area contributed by atoms with Crippen LogP contribution in [0.2, 0.25) is 0 Å². The predicted molar refractivity (Wildman–Crippen MR) is 117 cm³/mol. The zero-order chi connectivity index (χ0) is 20.2. The number of aromatic nitrogens is 2. The van der Waals surface area contributed by atoms with E-state index in [1.54, 1.807) is 50.1 Å².